The van der Waals surface area contributed by atoms with E-state index in [1.54, 1.807) is 18.2 Å². The number of methoxy groups -OCH3 is 1. The predicted molar refractivity (Wildman–Crippen MR) is 92.0 cm³/mol. The fourth-order valence-electron chi connectivity index (χ4n) is 2.17. The number of benzene rings is 2. The van der Waals surface area contributed by atoms with Crippen molar-refractivity contribution in [3.63, 3.8) is 0 Å². The van der Waals surface area contributed by atoms with Crippen LogP contribution in [0.25, 0.3) is 12.2 Å². The summed E-state index contributed by atoms with van der Waals surface area (Å²) >= 11 is 0. The molecule has 24 heavy (non-hydrogen) atoms. The lowest BCUT2D eigenvalue weighted by Gasteiger charge is -2.09. The van der Waals surface area contributed by atoms with Crippen molar-refractivity contribution in [2.75, 3.05) is 7.11 Å². The standard InChI is InChI=1S/C20H16O4/c1-22-19-14-16(10-9-15-6-3-2-4-7-15)11-12-17(19)24-20(21)18-8-5-13-23-18/h2-14H,1H3/b10-9+. The lowest BCUT2D eigenvalue weighted by Crippen LogP contribution is -2.08. The lowest BCUT2D eigenvalue weighted by atomic mass is 10.1. The molecule has 4 heteroatoms. The van der Waals surface area contributed by atoms with Gasteiger partial charge in [0.2, 0.25) is 5.76 Å². The van der Waals surface area contributed by atoms with Gasteiger partial charge in [-0.25, -0.2) is 4.79 Å². The maximum Gasteiger partial charge on any atom is 0.379 e. The summed E-state index contributed by atoms with van der Waals surface area (Å²) in [6, 6.07) is 18.5. The third-order valence-corrected chi connectivity index (χ3v) is 3.38. The van der Waals surface area contributed by atoms with Crippen molar-refractivity contribution in [2.24, 2.45) is 0 Å². The highest BCUT2D eigenvalue weighted by Crippen LogP contribution is 2.29. The molecule has 120 valence electrons. The summed E-state index contributed by atoms with van der Waals surface area (Å²) in [5.41, 5.74) is 2.04. The summed E-state index contributed by atoms with van der Waals surface area (Å²) in [6.45, 7) is 0. The molecule has 0 N–H and O–H groups in total. The Morgan fingerprint density at radius 2 is 1.71 bits per heavy atom. The van der Waals surface area contributed by atoms with E-state index in [4.69, 9.17) is 13.9 Å². The van der Waals surface area contributed by atoms with Crippen LogP contribution in [-0.2, 0) is 0 Å². The van der Waals surface area contributed by atoms with Crippen LogP contribution in [-0.4, -0.2) is 13.1 Å². The minimum Gasteiger partial charge on any atom is -0.493 e. The lowest BCUT2D eigenvalue weighted by molar-refractivity contribution is 0.0696. The van der Waals surface area contributed by atoms with Crippen LogP contribution >= 0.6 is 0 Å². The summed E-state index contributed by atoms with van der Waals surface area (Å²) in [6.07, 6.45) is 5.39. The zero-order valence-corrected chi connectivity index (χ0v) is 13.1. The van der Waals surface area contributed by atoms with Crippen LogP contribution in [0, 0.1) is 0 Å². The molecule has 0 atom stereocenters. The van der Waals surface area contributed by atoms with Gasteiger partial charge in [-0.2, -0.15) is 0 Å². The molecule has 0 spiro atoms. The van der Waals surface area contributed by atoms with Gasteiger partial charge in [-0.05, 0) is 35.4 Å². The highest BCUT2D eigenvalue weighted by molar-refractivity contribution is 5.88. The fourth-order valence-corrected chi connectivity index (χ4v) is 2.17. The Morgan fingerprint density at radius 1 is 0.917 bits per heavy atom. The van der Waals surface area contributed by atoms with E-state index in [-0.39, 0.29) is 5.76 Å². The monoisotopic (exact) mass is 320 g/mol. The number of furan rings is 1. The fraction of sp³-hybridized carbons (Fsp3) is 0.0500. The van der Waals surface area contributed by atoms with Crippen LogP contribution < -0.4 is 9.47 Å². The molecule has 0 aliphatic rings. The van der Waals surface area contributed by atoms with Crippen molar-refractivity contribution in [1.82, 2.24) is 0 Å². The smallest absolute Gasteiger partial charge is 0.379 e. The van der Waals surface area contributed by atoms with Crippen molar-refractivity contribution in [1.29, 1.82) is 0 Å². The van der Waals surface area contributed by atoms with Gasteiger partial charge in [0.1, 0.15) is 0 Å². The van der Waals surface area contributed by atoms with Crippen LogP contribution in [0.3, 0.4) is 0 Å². The summed E-state index contributed by atoms with van der Waals surface area (Å²) in [4.78, 5) is 12.0. The van der Waals surface area contributed by atoms with Crippen LogP contribution in [0.15, 0.2) is 71.3 Å². The molecule has 0 aliphatic heterocycles. The van der Waals surface area contributed by atoms with Gasteiger partial charge in [0.25, 0.3) is 0 Å². The molecule has 0 bridgehead atoms. The van der Waals surface area contributed by atoms with E-state index in [0.29, 0.717) is 11.5 Å². The normalized spacial score (nSPS) is 10.7. The van der Waals surface area contributed by atoms with Crippen LogP contribution in [0.5, 0.6) is 11.5 Å². The van der Waals surface area contributed by atoms with Crippen LogP contribution in [0.1, 0.15) is 21.7 Å². The van der Waals surface area contributed by atoms with Gasteiger partial charge in [-0.15, -0.1) is 0 Å². The summed E-state index contributed by atoms with van der Waals surface area (Å²) < 4.78 is 15.7. The molecule has 4 nitrogen and oxygen atoms in total. The van der Waals surface area contributed by atoms with Gasteiger partial charge < -0.3 is 13.9 Å². The number of ether oxygens (including phenoxy) is 2. The Balaban J connectivity index is 1.78. The second kappa shape index (κ2) is 7.33. The second-order valence-electron chi connectivity index (χ2n) is 5.02. The van der Waals surface area contributed by atoms with Crippen molar-refractivity contribution < 1.29 is 18.7 Å². The van der Waals surface area contributed by atoms with Crippen molar-refractivity contribution in [2.45, 2.75) is 0 Å². The second-order valence-corrected chi connectivity index (χ2v) is 5.02. The van der Waals surface area contributed by atoms with Gasteiger partial charge in [-0.3, -0.25) is 0 Å². The van der Waals surface area contributed by atoms with Crippen molar-refractivity contribution >= 4 is 18.1 Å². The number of carbonyl (C=O) groups is 1. The van der Waals surface area contributed by atoms with Gasteiger partial charge in [0, 0.05) is 0 Å². The van der Waals surface area contributed by atoms with E-state index >= 15 is 0 Å². The minimum atomic E-state index is -0.564. The molecular weight excluding hydrogens is 304 g/mol. The number of carbonyl (C=O) groups excluding carboxylic acids is 1. The minimum absolute atomic E-state index is 0.144. The van der Waals surface area contributed by atoms with Gasteiger partial charge in [0.15, 0.2) is 11.5 Å². The first-order chi connectivity index (χ1) is 11.8. The highest BCUT2D eigenvalue weighted by atomic mass is 16.6. The molecule has 3 rings (SSSR count). The van der Waals surface area contributed by atoms with E-state index in [1.165, 1.54) is 13.4 Å². The quantitative estimate of drug-likeness (QED) is 0.389. The largest absolute Gasteiger partial charge is 0.493 e. The maximum absolute atomic E-state index is 12.0. The van der Waals surface area contributed by atoms with Gasteiger partial charge in [0.05, 0.1) is 13.4 Å². The number of rotatable bonds is 5. The third-order valence-electron chi connectivity index (χ3n) is 3.38. The number of hydrogen-bond donors (Lipinski definition) is 0. The van der Waals surface area contributed by atoms with E-state index in [9.17, 15) is 4.79 Å². The maximum atomic E-state index is 12.0. The molecule has 1 aromatic heterocycles. The first-order valence-electron chi connectivity index (χ1n) is 7.43. The first-order valence-corrected chi connectivity index (χ1v) is 7.43. The highest BCUT2D eigenvalue weighted by Gasteiger charge is 2.14. The molecule has 3 aromatic rings. The molecule has 2 aromatic carbocycles. The molecule has 0 radical (unpaired) electrons. The van der Waals surface area contributed by atoms with Crippen molar-refractivity contribution in [3.05, 3.63) is 83.8 Å². The molecule has 0 saturated carbocycles. The Morgan fingerprint density at radius 3 is 2.42 bits per heavy atom. The van der Waals surface area contributed by atoms with E-state index < -0.39 is 5.97 Å². The molecule has 0 saturated heterocycles. The summed E-state index contributed by atoms with van der Waals surface area (Å²) in [5.74, 6) is 0.400. The van der Waals surface area contributed by atoms with Crippen LogP contribution in [0.4, 0.5) is 0 Å². The Bertz CT molecular complexity index is 833. The zero-order valence-electron chi connectivity index (χ0n) is 13.1. The van der Waals surface area contributed by atoms with Crippen molar-refractivity contribution in [3.8, 4) is 11.5 Å². The summed E-state index contributed by atoms with van der Waals surface area (Å²) in [7, 11) is 1.53. The molecular formula is C20H16O4. The molecule has 0 aliphatic carbocycles. The molecule has 0 unspecified atom stereocenters. The van der Waals surface area contributed by atoms with E-state index in [0.717, 1.165) is 11.1 Å². The van der Waals surface area contributed by atoms with Crippen LogP contribution in [0.2, 0.25) is 0 Å². The molecule has 1 heterocycles. The first kappa shape index (κ1) is 15.6. The summed E-state index contributed by atoms with van der Waals surface area (Å²) in [5, 5.41) is 0. The van der Waals surface area contributed by atoms with E-state index in [2.05, 4.69) is 0 Å². The average Bonchev–Trinajstić information content (AvgIpc) is 3.16. The third kappa shape index (κ3) is 3.73. The Hall–Kier alpha value is -3.27. The van der Waals surface area contributed by atoms with Gasteiger partial charge >= 0.3 is 5.97 Å². The predicted octanol–water partition coefficient (Wildman–Crippen LogP) is 4.68. The number of hydrogen-bond acceptors (Lipinski definition) is 4. The van der Waals surface area contributed by atoms with E-state index in [1.807, 2.05) is 54.6 Å². The average molecular weight is 320 g/mol. The Kier molecular flexibility index (Phi) is 4.77. The Labute approximate surface area is 139 Å². The zero-order chi connectivity index (χ0) is 16.8. The molecule has 0 fully saturated rings. The van der Waals surface area contributed by atoms with Gasteiger partial charge in [-0.1, -0.05) is 48.6 Å². The SMILES string of the molecule is COc1cc(/C=C/c2ccccc2)ccc1OC(=O)c1ccco1. The number of esters is 1. The topological polar surface area (TPSA) is 48.7 Å². The molecule has 0 amide bonds.